The van der Waals surface area contributed by atoms with Gasteiger partial charge in [-0.25, -0.2) is 10.2 Å². The average molecular weight is 359 g/mol. The molecule has 0 aromatic heterocycles. The van der Waals surface area contributed by atoms with Crippen LogP contribution in [0.15, 0.2) is 84.0 Å². The third-order valence-electron chi connectivity index (χ3n) is 3.84. The van der Waals surface area contributed by atoms with Crippen LogP contribution in [0.4, 0.5) is 10.5 Å². The van der Waals surface area contributed by atoms with Crippen LogP contribution < -0.4 is 15.5 Å². The molecule has 0 fully saturated rings. The van der Waals surface area contributed by atoms with Crippen LogP contribution >= 0.6 is 0 Å². The van der Waals surface area contributed by atoms with Crippen LogP contribution in [0.2, 0.25) is 0 Å². The molecule has 136 valence electrons. The predicted molar refractivity (Wildman–Crippen MR) is 108 cm³/mol. The molecule has 0 saturated heterocycles. The van der Waals surface area contributed by atoms with Crippen LogP contribution in [0.25, 0.3) is 0 Å². The van der Waals surface area contributed by atoms with Crippen LogP contribution in [0.1, 0.15) is 16.7 Å². The van der Waals surface area contributed by atoms with Gasteiger partial charge in [0.05, 0.1) is 6.21 Å². The summed E-state index contributed by atoms with van der Waals surface area (Å²) in [6.45, 7) is 2.52. The Morgan fingerprint density at radius 2 is 1.67 bits per heavy atom. The van der Waals surface area contributed by atoms with E-state index in [2.05, 4.69) is 34.9 Å². The van der Waals surface area contributed by atoms with Gasteiger partial charge in [-0.3, -0.25) is 0 Å². The second kappa shape index (κ2) is 9.20. The standard InChI is InChI=1S/C22H21N3O2/c1-17-11-13-18(14-12-17)16-27-21-10-6-5-7-19(21)15-23-25-22(26)24-20-8-3-2-4-9-20/h2-15H,16H2,1H3,(H2,24,25,26)/b23-15+. The van der Waals surface area contributed by atoms with Crippen molar-refractivity contribution in [1.82, 2.24) is 5.43 Å². The highest BCUT2D eigenvalue weighted by atomic mass is 16.5. The van der Waals surface area contributed by atoms with Gasteiger partial charge in [0.25, 0.3) is 0 Å². The van der Waals surface area contributed by atoms with Crippen molar-refractivity contribution in [3.8, 4) is 5.75 Å². The molecule has 0 bridgehead atoms. The van der Waals surface area contributed by atoms with Crippen molar-refractivity contribution in [2.75, 3.05) is 5.32 Å². The summed E-state index contributed by atoms with van der Waals surface area (Å²) >= 11 is 0. The third-order valence-corrected chi connectivity index (χ3v) is 3.84. The maximum atomic E-state index is 11.9. The van der Waals surface area contributed by atoms with E-state index in [0.29, 0.717) is 18.0 Å². The number of hydrazone groups is 1. The summed E-state index contributed by atoms with van der Waals surface area (Å²) < 4.78 is 5.90. The molecule has 0 atom stereocenters. The summed E-state index contributed by atoms with van der Waals surface area (Å²) in [5.74, 6) is 0.701. The summed E-state index contributed by atoms with van der Waals surface area (Å²) in [6.07, 6.45) is 1.56. The van der Waals surface area contributed by atoms with Gasteiger partial charge < -0.3 is 10.1 Å². The van der Waals surface area contributed by atoms with E-state index in [4.69, 9.17) is 4.74 Å². The van der Waals surface area contributed by atoms with Crippen molar-refractivity contribution in [2.45, 2.75) is 13.5 Å². The summed E-state index contributed by atoms with van der Waals surface area (Å²) in [4.78, 5) is 11.9. The zero-order valence-corrected chi connectivity index (χ0v) is 15.1. The van der Waals surface area contributed by atoms with Crippen molar-refractivity contribution >= 4 is 17.9 Å². The second-order valence-corrected chi connectivity index (χ2v) is 6.00. The third kappa shape index (κ3) is 5.71. The van der Waals surface area contributed by atoms with Crippen LogP contribution in [0.5, 0.6) is 5.75 Å². The van der Waals surface area contributed by atoms with Crippen LogP contribution in [-0.4, -0.2) is 12.2 Å². The Bertz CT molecular complexity index is 906. The number of urea groups is 1. The lowest BCUT2D eigenvalue weighted by Crippen LogP contribution is -2.24. The first-order chi connectivity index (χ1) is 13.2. The van der Waals surface area contributed by atoms with Gasteiger partial charge in [0.15, 0.2) is 0 Å². The Balaban J connectivity index is 1.57. The summed E-state index contributed by atoms with van der Waals surface area (Å²) in [5, 5.41) is 6.70. The molecule has 3 aromatic carbocycles. The molecule has 0 radical (unpaired) electrons. The maximum absolute atomic E-state index is 11.9. The topological polar surface area (TPSA) is 62.7 Å². The SMILES string of the molecule is Cc1ccc(COc2ccccc2/C=N/NC(=O)Nc2ccccc2)cc1. The molecule has 3 aromatic rings. The highest BCUT2D eigenvalue weighted by Crippen LogP contribution is 2.17. The van der Waals surface area contributed by atoms with Crippen LogP contribution in [0, 0.1) is 6.92 Å². The fourth-order valence-corrected chi connectivity index (χ4v) is 2.40. The van der Waals surface area contributed by atoms with E-state index in [1.807, 2.05) is 54.6 Å². The molecule has 2 N–H and O–H groups in total. The molecule has 27 heavy (non-hydrogen) atoms. The minimum absolute atomic E-state index is 0.407. The first-order valence-corrected chi connectivity index (χ1v) is 8.63. The molecule has 0 heterocycles. The Morgan fingerprint density at radius 3 is 2.44 bits per heavy atom. The van der Waals surface area contributed by atoms with E-state index in [1.54, 1.807) is 18.3 Å². The van der Waals surface area contributed by atoms with Crippen LogP contribution in [0.3, 0.4) is 0 Å². The fourth-order valence-electron chi connectivity index (χ4n) is 2.40. The molecular weight excluding hydrogens is 338 g/mol. The number of nitrogens with one attached hydrogen (secondary N) is 2. The Kier molecular flexibility index (Phi) is 6.20. The van der Waals surface area contributed by atoms with Gasteiger partial charge in [-0.1, -0.05) is 60.2 Å². The van der Waals surface area contributed by atoms with E-state index in [1.165, 1.54) is 5.56 Å². The molecule has 3 rings (SSSR count). The Morgan fingerprint density at radius 1 is 0.963 bits per heavy atom. The lowest BCUT2D eigenvalue weighted by Gasteiger charge is -2.09. The number of nitrogens with zero attached hydrogens (tertiary/aromatic N) is 1. The Labute approximate surface area is 158 Å². The number of aryl methyl sites for hydroxylation is 1. The number of hydrogen-bond acceptors (Lipinski definition) is 3. The first-order valence-electron chi connectivity index (χ1n) is 8.63. The summed E-state index contributed by atoms with van der Waals surface area (Å²) in [6, 6.07) is 24.5. The number of anilines is 1. The highest BCUT2D eigenvalue weighted by molar-refractivity contribution is 5.90. The maximum Gasteiger partial charge on any atom is 0.339 e. The van der Waals surface area contributed by atoms with E-state index >= 15 is 0 Å². The molecule has 0 unspecified atom stereocenters. The molecule has 0 aliphatic rings. The molecule has 2 amide bonds. The molecule has 0 aliphatic carbocycles. The second-order valence-electron chi connectivity index (χ2n) is 6.00. The van der Waals surface area contributed by atoms with Crippen LogP contribution in [-0.2, 0) is 6.61 Å². The van der Waals surface area contributed by atoms with Gasteiger partial charge in [-0.05, 0) is 36.8 Å². The van der Waals surface area contributed by atoms with Crippen molar-refractivity contribution in [3.05, 3.63) is 95.6 Å². The molecule has 0 spiro atoms. The summed E-state index contributed by atoms with van der Waals surface area (Å²) in [7, 11) is 0. The van der Waals surface area contributed by atoms with Gasteiger partial charge in [0, 0.05) is 11.3 Å². The number of hydrogen-bond donors (Lipinski definition) is 2. The smallest absolute Gasteiger partial charge is 0.339 e. The molecular formula is C22H21N3O2. The average Bonchev–Trinajstić information content (AvgIpc) is 2.69. The molecule has 5 heteroatoms. The first kappa shape index (κ1) is 18.2. The Hall–Kier alpha value is -3.60. The number of carbonyl (C=O) groups is 1. The van der Waals surface area contributed by atoms with Gasteiger partial charge in [0.2, 0.25) is 0 Å². The minimum atomic E-state index is -0.407. The quantitative estimate of drug-likeness (QED) is 0.494. The summed E-state index contributed by atoms with van der Waals surface area (Å²) in [5.41, 5.74) is 6.24. The lowest BCUT2D eigenvalue weighted by molar-refractivity contribution is 0.252. The van der Waals surface area contributed by atoms with Gasteiger partial charge in [-0.15, -0.1) is 0 Å². The number of amides is 2. The number of rotatable bonds is 6. The predicted octanol–water partition coefficient (Wildman–Crippen LogP) is 4.73. The zero-order chi connectivity index (χ0) is 18.9. The van der Waals surface area contributed by atoms with Crippen molar-refractivity contribution < 1.29 is 9.53 Å². The van der Waals surface area contributed by atoms with E-state index in [9.17, 15) is 4.79 Å². The normalized spacial score (nSPS) is 10.6. The molecule has 0 saturated carbocycles. The van der Waals surface area contributed by atoms with Gasteiger partial charge in [0.1, 0.15) is 12.4 Å². The minimum Gasteiger partial charge on any atom is -0.488 e. The van der Waals surface area contributed by atoms with Gasteiger partial charge >= 0.3 is 6.03 Å². The molecule has 5 nitrogen and oxygen atoms in total. The van der Waals surface area contributed by atoms with Crippen molar-refractivity contribution in [3.63, 3.8) is 0 Å². The van der Waals surface area contributed by atoms with Crippen molar-refractivity contribution in [2.24, 2.45) is 5.10 Å². The van der Waals surface area contributed by atoms with E-state index in [0.717, 1.165) is 11.1 Å². The number of carbonyl (C=O) groups excluding carboxylic acids is 1. The van der Waals surface area contributed by atoms with Crippen molar-refractivity contribution in [1.29, 1.82) is 0 Å². The van der Waals surface area contributed by atoms with E-state index < -0.39 is 6.03 Å². The lowest BCUT2D eigenvalue weighted by atomic mass is 10.1. The number of para-hydroxylation sites is 2. The number of benzene rings is 3. The monoisotopic (exact) mass is 359 g/mol. The fraction of sp³-hybridized carbons (Fsp3) is 0.0909. The molecule has 0 aliphatic heterocycles. The largest absolute Gasteiger partial charge is 0.488 e. The van der Waals surface area contributed by atoms with E-state index in [-0.39, 0.29) is 0 Å². The van der Waals surface area contributed by atoms with Gasteiger partial charge in [-0.2, -0.15) is 5.10 Å². The highest BCUT2D eigenvalue weighted by Gasteiger charge is 2.03. The number of ether oxygens (including phenoxy) is 1. The zero-order valence-electron chi connectivity index (χ0n) is 15.1.